The van der Waals surface area contributed by atoms with Crippen LogP contribution in [0.15, 0.2) is 60.7 Å². The first-order valence-corrected chi connectivity index (χ1v) is 12.3. The van der Waals surface area contributed by atoms with Crippen LogP contribution in [0.4, 0.5) is 52.7 Å². The summed E-state index contributed by atoms with van der Waals surface area (Å²) in [6.45, 7) is -2.52. The number of hydroxylamine groups is 1. The van der Waals surface area contributed by atoms with Crippen LogP contribution in [0.5, 0.6) is 0 Å². The highest BCUT2D eigenvalue weighted by Crippen LogP contribution is 2.50. The standard InChI is InChI=1S/C27H17F12N3O3/c28-24(29,30)12-41-21(43)11-40-22(44)19-6-5-18(16-3-1-2-4-17(16)19)20-10-23(45-42-20,27(37,38)39)13-7-14(25(31,32)33)9-15(8-13)26(34,35)36/h1-10,42H,11-12H2,(H,40,44)(H,41,43). The zero-order valence-electron chi connectivity index (χ0n) is 21.9. The van der Waals surface area contributed by atoms with Crippen LogP contribution in [-0.2, 0) is 27.6 Å². The minimum atomic E-state index is -5.60. The van der Waals surface area contributed by atoms with Gasteiger partial charge in [0.1, 0.15) is 6.54 Å². The Labute approximate surface area is 244 Å². The van der Waals surface area contributed by atoms with Crippen molar-refractivity contribution in [1.29, 1.82) is 0 Å². The van der Waals surface area contributed by atoms with Crippen molar-refractivity contribution in [3.63, 3.8) is 0 Å². The van der Waals surface area contributed by atoms with Crippen LogP contribution in [0.1, 0.15) is 32.6 Å². The SMILES string of the molecule is O=C(CNC(=O)c1ccc(C2=CC(c3cc(C(F)(F)F)cc(C(F)(F)F)c3)(C(F)(F)F)ON2)c2ccccc12)NCC(F)(F)F. The minimum absolute atomic E-state index is 0.0482. The van der Waals surface area contributed by atoms with Gasteiger partial charge in [-0.15, -0.1) is 0 Å². The van der Waals surface area contributed by atoms with Crippen LogP contribution in [0.2, 0.25) is 0 Å². The third-order valence-corrected chi connectivity index (χ3v) is 6.46. The number of nitrogens with one attached hydrogen (secondary N) is 3. The van der Waals surface area contributed by atoms with E-state index in [-0.39, 0.29) is 46.2 Å². The molecule has 1 aliphatic rings. The molecule has 3 N–H and O–H groups in total. The van der Waals surface area contributed by atoms with Gasteiger partial charge in [-0.3, -0.25) is 19.9 Å². The smallest absolute Gasteiger partial charge is 0.345 e. The summed E-state index contributed by atoms with van der Waals surface area (Å²) in [6.07, 6.45) is -20.9. The predicted octanol–water partition coefficient (Wildman–Crippen LogP) is 6.62. The fraction of sp³-hybridized carbons (Fsp3) is 0.259. The molecule has 0 radical (unpaired) electrons. The molecule has 1 heterocycles. The number of rotatable bonds is 6. The van der Waals surface area contributed by atoms with Gasteiger partial charge >= 0.3 is 24.7 Å². The second-order valence-corrected chi connectivity index (χ2v) is 9.57. The van der Waals surface area contributed by atoms with Crippen LogP contribution < -0.4 is 16.1 Å². The molecule has 0 saturated carbocycles. The van der Waals surface area contributed by atoms with Crippen molar-refractivity contribution in [1.82, 2.24) is 16.1 Å². The lowest BCUT2D eigenvalue weighted by atomic mass is 9.88. The van der Waals surface area contributed by atoms with Crippen molar-refractivity contribution < 1.29 is 67.1 Å². The number of hydrogen-bond donors (Lipinski definition) is 3. The maximum atomic E-state index is 14.5. The number of benzene rings is 3. The molecule has 18 heteroatoms. The Morgan fingerprint density at radius 3 is 1.87 bits per heavy atom. The highest BCUT2D eigenvalue weighted by molar-refractivity contribution is 6.10. The van der Waals surface area contributed by atoms with Gasteiger partial charge in [0, 0.05) is 16.7 Å². The molecule has 3 aromatic rings. The van der Waals surface area contributed by atoms with E-state index in [1.54, 1.807) is 5.32 Å². The molecule has 45 heavy (non-hydrogen) atoms. The minimum Gasteiger partial charge on any atom is -0.345 e. The van der Waals surface area contributed by atoms with Crippen molar-refractivity contribution in [3.8, 4) is 0 Å². The normalized spacial score (nSPS) is 17.6. The molecular weight excluding hydrogens is 642 g/mol. The molecule has 0 bridgehead atoms. The Hall–Kier alpha value is -4.48. The number of halogens is 12. The Bertz CT molecular complexity index is 1630. The summed E-state index contributed by atoms with van der Waals surface area (Å²) in [5, 5.41) is 3.74. The van der Waals surface area contributed by atoms with E-state index in [0.717, 1.165) is 12.1 Å². The molecule has 0 aliphatic carbocycles. The van der Waals surface area contributed by atoms with Crippen LogP contribution in [0, 0.1) is 0 Å². The number of amides is 2. The lowest BCUT2D eigenvalue weighted by molar-refractivity contribution is -0.269. The van der Waals surface area contributed by atoms with Crippen LogP contribution in [0.3, 0.4) is 0 Å². The lowest BCUT2D eigenvalue weighted by Gasteiger charge is -2.29. The van der Waals surface area contributed by atoms with Crippen molar-refractivity contribution in [3.05, 3.63) is 88.5 Å². The van der Waals surface area contributed by atoms with Gasteiger partial charge in [0.2, 0.25) is 11.5 Å². The van der Waals surface area contributed by atoms with Crippen LogP contribution in [0.25, 0.3) is 16.5 Å². The molecule has 1 aliphatic heterocycles. The Morgan fingerprint density at radius 1 is 0.756 bits per heavy atom. The average Bonchev–Trinajstić information content (AvgIpc) is 3.40. The molecule has 2 amide bonds. The summed E-state index contributed by atoms with van der Waals surface area (Å²) in [5.41, 5.74) is -8.27. The van der Waals surface area contributed by atoms with Gasteiger partial charge in [0.05, 0.1) is 23.4 Å². The van der Waals surface area contributed by atoms with E-state index in [4.69, 9.17) is 4.84 Å². The van der Waals surface area contributed by atoms with Gasteiger partial charge in [-0.1, -0.05) is 30.3 Å². The summed E-state index contributed by atoms with van der Waals surface area (Å²) < 4.78 is 161. The van der Waals surface area contributed by atoms with Gasteiger partial charge in [-0.25, -0.2) is 0 Å². The van der Waals surface area contributed by atoms with Gasteiger partial charge in [-0.05, 0) is 41.1 Å². The fourth-order valence-electron chi connectivity index (χ4n) is 4.39. The maximum absolute atomic E-state index is 14.5. The monoisotopic (exact) mass is 659 g/mol. The quantitative estimate of drug-likeness (QED) is 0.260. The van der Waals surface area contributed by atoms with E-state index in [1.807, 2.05) is 5.48 Å². The molecule has 0 spiro atoms. The average molecular weight is 659 g/mol. The van der Waals surface area contributed by atoms with E-state index in [1.165, 1.54) is 24.3 Å². The molecule has 3 aromatic carbocycles. The first-order chi connectivity index (χ1) is 20.6. The zero-order valence-corrected chi connectivity index (χ0v) is 21.9. The van der Waals surface area contributed by atoms with Gasteiger partial charge in [0.25, 0.3) is 5.91 Å². The maximum Gasteiger partial charge on any atom is 0.428 e. The summed E-state index contributed by atoms with van der Waals surface area (Å²) >= 11 is 0. The number of hydrogen-bond acceptors (Lipinski definition) is 4. The first kappa shape index (κ1) is 33.4. The summed E-state index contributed by atoms with van der Waals surface area (Å²) in [5.74, 6) is -2.14. The number of alkyl halides is 12. The van der Waals surface area contributed by atoms with E-state index in [0.29, 0.717) is 0 Å². The molecule has 242 valence electrons. The Kier molecular flexibility index (Phi) is 8.51. The van der Waals surface area contributed by atoms with Crippen LogP contribution in [-0.4, -0.2) is 37.3 Å². The summed E-state index contributed by atoms with van der Waals surface area (Å²) in [7, 11) is 0. The molecule has 1 atom stereocenters. The van der Waals surface area contributed by atoms with Crippen molar-refractivity contribution in [2.45, 2.75) is 30.3 Å². The molecule has 1 unspecified atom stereocenters. The van der Waals surface area contributed by atoms with Gasteiger partial charge in [0.15, 0.2) is 0 Å². The fourth-order valence-corrected chi connectivity index (χ4v) is 4.39. The second kappa shape index (κ2) is 11.5. The van der Waals surface area contributed by atoms with E-state index in [9.17, 15) is 62.3 Å². The largest absolute Gasteiger partial charge is 0.428 e. The first-order valence-electron chi connectivity index (χ1n) is 12.3. The highest BCUT2D eigenvalue weighted by atomic mass is 19.4. The summed E-state index contributed by atoms with van der Waals surface area (Å²) in [4.78, 5) is 29.1. The van der Waals surface area contributed by atoms with Crippen molar-refractivity contribution in [2.24, 2.45) is 0 Å². The van der Waals surface area contributed by atoms with E-state index in [2.05, 4.69) is 5.32 Å². The number of carbonyl (C=O) groups excluding carboxylic acids is 2. The van der Waals surface area contributed by atoms with Crippen LogP contribution >= 0.6 is 0 Å². The zero-order chi connectivity index (χ0) is 33.6. The van der Waals surface area contributed by atoms with Crippen molar-refractivity contribution >= 4 is 28.3 Å². The number of fused-ring (bicyclic) bond motifs is 1. The third-order valence-electron chi connectivity index (χ3n) is 6.46. The lowest BCUT2D eigenvalue weighted by Crippen LogP contribution is -2.43. The molecule has 0 saturated heterocycles. The molecule has 6 nitrogen and oxygen atoms in total. The predicted molar refractivity (Wildman–Crippen MR) is 132 cm³/mol. The Balaban J connectivity index is 1.76. The van der Waals surface area contributed by atoms with Crippen molar-refractivity contribution in [2.75, 3.05) is 13.1 Å². The number of carbonyl (C=O) groups is 2. The van der Waals surface area contributed by atoms with E-state index >= 15 is 0 Å². The Morgan fingerprint density at radius 2 is 1.33 bits per heavy atom. The second-order valence-electron chi connectivity index (χ2n) is 9.57. The summed E-state index contributed by atoms with van der Waals surface area (Å²) in [6, 6.07) is 7.05. The van der Waals surface area contributed by atoms with E-state index < -0.39 is 77.6 Å². The van der Waals surface area contributed by atoms with Gasteiger partial charge in [-0.2, -0.15) is 52.7 Å². The molecular formula is C27H17F12N3O3. The van der Waals surface area contributed by atoms with Gasteiger partial charge < -0.3 is 10.6 Å². The molecule has 0 aromatic heterocycles. The topological polar surface area (TPSA) is 79.5 Å². The molecule has 0 fully saturated rings. The molecule has 4 rings (SSSR count). The highest BCUT2D eigenvalue weighted by Gasteiger charge is 2.60. The third kappa shape index (κ3) is 7.10.